The highest BCUT2D eigenvalue weighted by atomic mass is 35.5. The van der Waals surface area contributed by atoms with Gasteiger partial charge in [0, 0.05) is 47.0 Å². The summed E-state index contributed by atoms with van der Waals surface area (Å²) in [6.07, 6.45) is 2.39. The predicted octanol–water partition coefficient (Wildman–Crippen LogP) is 0.0776. The van der Waals surface area contributed by atoms with Crippen molar-refractivity contribution in [3.05, 3.63) is 0 Å². The Labute approximate surface area is 152 Å². The van der Waals surface area contributed by atoms with Crippen LogP contribution < -0.4 is 5.73 Å². The summed E-state index contributed by atoms with van der Waals surface area (Å²) in [5, 5.41) is 0. The molecule has 0 spiro atoms. The van der Waals surface area contributed by atoms with Crippen molar-refractivity contribution in [1.82, 2.24) is 8.61 Å². The number of nitrogens with two attached hydrogens (primary N) is 1. The van der Waals surface area contributed by atoms with Crippen LogP contribution in [0.1, 0.15) is 19.3 Å². The fraction of sp³-hybridized carbons (Fsp3) is 1.00. The van der Waals surface area contributed by atoms with Crippen molar-refractivity contribution in [2.24, 2.45) is 5.73 Å². The van der Waals surface area contributed by atoms with Gasteiger partial charge in [-0.15, -0.1) is 12.4 Å². The van der Waals surface area contributed by atoms with Crippen molar-refractivity contribution in [3.63, 3.8) is 0 Å². The van der Waals surface area contributed by atoms with Crippen LogP contribution in [-0.4, -0.2) is 89.9 Å². The van der Waals surface area contributed by atoms with Gasteiger partial charge in [-0.05, 0) is 25.8 Å². The Morgan fingerprint density at radius 2 is 1.62 bits per heavy atom. The van der Waals surface area contributed by atoms with E-state index in [1.165, 1.54) is 8.61 Å². The van der Waals surface area contributed by atoms with Crippen molar-refractivity contribution in [3.8, 4) is 0 Å². The molecule has 1 rings (SSSR count). The van der Waals surface area contributed by atoms with Gasteiger partial charge in [-0.1, -0.05) is 0 Å². The quantitative estimate of drug-likeness (QED) is 0.475. The molecule has 0 radical (unpaired) electrons. The summed E-state index contributed by atoms with van der Waals surface area (Å²) in [5.74, 6) is 0. The molecular weight excluding hydrogens is 358 g/mol. The molecule has 0 aliphatic carbocycles. The van der Waals surface area contributed by atoms with E-state index in [-0.39, 0.29) is 18.5 Å². The molecular formula is C14H32ClN3O5S. The first kappa shape index (κ1) is 24.0. The molecule has 1 saturated heterocycles. The van der Waals surface area contributed by atoms with E-state index in [1.54, 1.807) is 14.2 Å². The summed E-state index contributed by atoms with van der Waals surface area (Å²) in [6.45, 7) is 3.59. The van der Waals surface area contributed by atoms with Gasteiger partial charge in [0.25, 0.3) is 10.2 Å². The Bertz CT molecular complexity index is 397. The molecule has 146 valence electrons. The normalized spacial score (nSPS) is 17.2. The Hall–Kier alpha value is -0.0000000000000000555. The smallest absolute Gasteiger partial charge is 0.282 e. The molecule has 0 aromatic rings. The SMILES string of the molecule is COCCN(CCOC)S(=O)(=O)N1CCC(OCCCN)CC1.Cl. The second-order valence-electron chi connectivity index (χ2n) is 5.50. The lowest BCUT2D eigenvalue weighted by Gasteiger charge is -2.34. The molecule has 1 heterocycles. The van der Waals surface area contributed by atoms with Crippen LogP contribution in [0.15, 0.2) is 0 Å². The first-order valence-corrected chi connectivity index (χ1v) is 9.50. The average Bonchev–Trinajstić information content (AvgIpc) is 2.55. The molecule has 2 N–H and O–H groups in total. The van der Waals surface area contributed by atoms with E-state index < -0.39 is 10.2 Å². The van der Waals surface area contributed by atoms with Crippen molar-refractivity contribution in [2.75, 3.05) is 66.8 Å². The second kappa shape index (κ2) is 13.2. The summed E-state index contributed by atoms with van der Waals surface area (Å²) in [6, 6.07) is 0. The van der Waals surface area contributed by atoms with Crippen LogP contribution in [0.25, 0.3) is 0 Å². The molecule has 1 fully saturated rings. The highest BCUT2D eigenvalue weighted by molar-refractivity contribution is 7.86. The predicted molar refractivity (Wildman–Crippen MR) is 95.7 cm³/mol. The van der Waals surface area contributed by atoms with E-state index in [1.807, 2.05) is 0 Å². The fourth-order valence-electron chi connectivity index (χ4n) is 2.45. The minimum atomic E-state index is -3.49. The maximum Gasteiger partial charge on any atom is 0.282 e. The van der Waals surface area contributed by atoms with Gasteiger partial charge in [-0.25, -0.2) is 0 Å². The zero-order chi connectivity index (χ0) is 17.1. The molecule has 1 aliphatic rings. The third-order valence-electron chi connectivity index (χ3n) is 3.85. The lowest BCUT2D eigenvalue weighted by molar-refractivity contribution is 0.0197. The molecule has 0 bridgehead atoms. The van der Waals surface area contributed by atoms with E-state index >= 15 is 0 Å². The Balaban J connectivity index is 0.00000529. The summed E-state index contributed by atoms with van der Waals surface area (Å²) in [5.41, 5.74) is 5.44. The van der Waals surface area contributed by atoms with Gasteiger partial charge in [0.05, 0.1) is 19.3 Å². The average molecular weight is 390 g/mol. The minimum Gasteiger partial charge on any atom is -0.383 e. The molecule has 8 nitrogen and oxygen atoms in total. The Morgan fingerprint density at radius 3 is 2.08 bits per heavy atom. The lowest BCUT2D eigenvalue weighted by atomic mass is 10.1. The fourth-order valence-corrected chi connectivity index (χ4v) is 4.06. The molecule has 0 aromatic carbocycles. The second-order valence-corrected chi connectivity index (χ2v) is 7.43. The van der Waals surface area contributed by atoms with Crippen LogP contribution in [-0.2, 0) is 24.4 Å². The number of nitrogens with zero attached hydrogens (tertiary/aromatic N) is 2. The lowest BCUT2D eigenvalue weighted by Crippen LogP contribution is -2.49. The molecule has 24 heavy (non-hydrogen) atoms. The summed E-state index contributed by atoms with van der Waals surface area (Å²) < 4.78 is 44.2. The maximum atomic E-state index is 12.7. The summed E-state index contributed by atoms with van der Waals surface area (Å²) in [7, 11) is -0.364. The van der Waals surface area contributed by atoms with Gasteiger partial charge in [-0.2, -0.15) is 17.0 Å². The number of hydrogen-bond donors (Lipinski definition) is 1. The van der Waals surface area contributed by atoms with Gasteiger partial charge in [-0.3, -0.25) is 0 Å². The van der Waals surface area contributed by atoms with Crippen molar-refractivity contribution < 1.29 is 22.6 Å². The van der Waals surface area contributed by atoms with Crippen LogP contribution in [0.4, 0.5) is 0 Å². The highest BCUT2D eigenvalue weighted by Crippen LogP contribution is 2.19. The number of halogens is 1. The van der Waals surface area contributed by atoms with Crippen LogP contribution in [0, 0.1) is 0 Å². The minimum absolute atomic E-state index is 0. The summed E-state index contributed by atoms with van der Waals surface area (Å²) >= 11 is 0. The molecule has 10 heteroatoms. The van der Waals surface area contributed by atoms with Crippen LogP contribution in [0.2, 0.25) is 0 Å². The van der Waals surface area contributed by atoms with Crippen LogP contribution >= 0.6 is 12.4 Å². The largest absolute Gasteiger partial charge is 0.383 e. The van der Waals surface area contributed by atoms with E-state index in [0.29, 0.717) is 65.4 Å². The van der Waals surface area contributed by atoms with E-state index in [2.05, 4.69) is 0 Å². The third kappa shape index (κ3) is 7.92. The number of hydrogen-bond acceptors (Lipinski definition) is 6. The standard InChI is InChI=1S/C14H31N3O5S.ClH/c1-20-12-9-17(10-13-21-2)23(18,19)16-7-4-14(5-8-16)22-11-3-6-15;/h14H,3-13,15H2,1-2H3;1H. The molecule has 0 unspecified atom stereocenters. The topological polar surface area (TPSA) is 94.3 Å². The Morgan fingerprint density at radius 1 is 1.08 bits per heavy atom. The van der Waals surface area contributed by atoms with Gasteiger partial charge in [0.15, 0.2) is 0 Å². The zero-order valence-electron chi connectivity index (χ0n) is 14.7. The highest BCUT2D eigenvalue weighted by Gasteiger charge is 2.32. The van der Waals surface area contributed by atoms with E-state index in [9.17, 15) is 8.42 Å². The summed E-state index contributed by atoms with van der Waals surface area (Å²) in [4.78, 5) is 0. The van der Waals surface area contributed by atoms with Crippen molar-refractivity contribution in [1.29, 1.82) is 0 Å². The monoisotopic (exact) mass is 389 g/mol. The maximum absolute atomic E-state index is 12.7. The number of rotatable bonds is 12. The molecule has 0 atom stereocenters. The number of ether oxygens (including phenoxy) is 3. The van der Waals surface area contributed by atoms with Crippen LogP contribution in [0.5, 0.6) is 0 Å². The third-order valence-corrected chi connectivity index (χ3v) is 5.88. The Kier molecular flexibility index (Phi) is 13.2. The first-order chi connectivity index (χ1) is 11.1. The van der Waals surface area contributed by atoms with Crippen molar-refractivity contribution >= 4 is 22.6 Å². The van der Waals surface area contributed by atoms with E-state index in [4.69, 9.17) is 19.9 Å². The van der Waals surface area contributed by atoms with Gasteiger partial charge in [0.2, 0.25) is 0 Å². The molecule has 1 aliphatic heterocycles. The van der Waals surface area contributed by atoms with Crippen molar-refractivity contribution in [2.45, 2.75) is 25.4 Å². The first-order valence-electron chi connectivity index (χ1n) is 8.11. The van der Waals surface area contributed by atoms with E-state index in [0.717, 1.165) is 6.42 Å². The zero-order valence-corrected chi connectivity index (χ0v) is 16.3. The van der Waals surface area contributed by atoms with Gasteiger partial charge < -0.3 is 19.9 Å². The number of piperidine rings is 1. The van der Waals surface area contributed by atoms with Gasteiger partial charge >= 0.3 is 0 Å². The number of methoxy groups -OCH3 is 2. The molecule has 0 aromatic heterocycles. The van der Waals surface area contributed by atoms with Gasteiger partial charge in [0.1, 0.15) is 0 Å². The molecule has 0 amide bonds. The molecule has 0 saturated carbocycles. The van der Waals surface area contributed by atoms with Crippen LogP contribution in [0.3, 0.4) is 0 Å².